The molecule has 15 heavy (non-hydrogen) atoms. The summed E-state index contributed by atoms with van der Waals surface area (Å²) in [5, 5.41) is 0.183. The van der Waals surface area contributed by atoms with Crippen molar-refractivity contribution in [3.63, 3.8) is 0 Å². The van der Waals surface area contributed by atoms with Gasteiger partial charge in [-0.1, -0.05) is 6.07 Å². The van der Waals surface area contributed by atoms with Crippen molar-refractivity contribution in [2.75, 3.05) is 6.54 Å². The van der Waals surface area contributed by atoms with Crippen LogP contribution in [0.2, 0.25) is 0 Å². The van der Waals surface area contributed by atoms with Gasteiger partial charge in [0.1, 0.15) is 0 Å². The van der Waals surface area contributed by atoms with Crippen LogP contribution in [0.25, 0.3) is 0 Å². The predicted octanol–water partition coefficient (Wildman–Crippen LogP) is 1.42. The second-order valence-electron chi connectivity index (χ2n) is 3.90. The van der Waals surface area contributed by atoms with Crippen LogP contribution >= 0.6 is 12.6 Å². The third-order valence-corrected chi connectivity index (χ3v) is 2.84. The molecule has 0 aromatic carbocycles. The van der Waals surface area contributed by atoms with Crippen LogP contribution in [0.1, 0.15) is 17.8 Å². The average Bonchev–Trinajstić information content (AvgIpc) is 2.45. The van der Waals surface area contributed by atoms with Crippen molar-refractivity contribution >= 4 is 18.5 Å². The van der Waals surface area contributed by atoms with E-state index < -0.39 is 0 Å². The van der Waals surface area contributed by atoms with Crippen molar-refractivity contribution in [1.82, 2.24) is 9.88 Å². The first kappa shape index (κ1) is 10.5. The number of rotatable bonds is 2. The normalized spacial score (nSPS) is 21.1. The minimum absolute atomic E-state index is 0.179. The molecule has 3 nitrogen and oxygen atoms in total. The Morgan fingerprint density at radius 1 is 1.60 bits per heavy atom. The highest BCUT2D eigenvalue weighted by molar-refractivity contribution is 7.81. The Morgan fingerprint density at radius 3 is 3.00 bits per heavy atom. The Kier molecular flexibility index (Phi) is 2.95. The van der Waals surface area contributed by atoms with E-state index in [1.165, 1.54) is 0 Å². The fourth-order valence-electron chi connectivity index (χ4n) is 1.79. The molecule has 0 aliphatic carbocycles. The molecule has 1 atom stereocenters. The minimum atomic E-state index is 0.179. The van der Waals surface area contributed by atoms with Gasteiger partial charge in [-0.05, 0) is 19.1 Å². The van der Waals surface area contributed by atoms with Gasteiger partial charge in [0.25, 0.3) is 0 Å². The van der Waals surface area contributed by atoms with E-state index in [0.29, 0.717) is 13.0 Å². The van der Waals surface area contributed by atoms with E-state index in [-0.39, 0.29) is 11.2 Å². The van der Waals surface area contributed by atoms with Gasteiger partial charge in [-0.2, -0.15) is 12.6 Å². The molecule has 0 saturated carbocycles. The lowest BCUT2D eigenvalue weighted by molar-refractivity contribution is -0.128. The van der Waals surface area contributed by atoms with Gasteiger partial charge in [-0.25, -0.2) is 0 Å². The maximum absolute atomic E-state index is 11.5. The molecule has 2 rings (SSSR count). The summed E-state index contributed by atoms with van der Waals surface area (Å²) < 4.78 is 0. The van der Waals surface area contributed by atoms with Crippen LogP contribution in [-0.4, -0.2) is 27.6 Å². The van der Waals surface area contributed by atoms with Crippen LogP contribution in [0.4, 0.5) is 0 Å². The van der Waals surface area contributed by atoms with Gasteiger partial charge in [0.15, 0.2) is 0 Å². The third kappa shape index (κ3) is 2.50. The van der Waals surface area contributed by atoms with E-state index in [4.69, 9.17) is 0 Å². The zero-order valence-electron chi connectivity index (χ0n) is 8.68. The van der Waals surface area contributed by atoms with Gasteiger partial charge in [-0.15, -0.1) is 0 Å². The van der Waals surface area contributed by atoms with E-state index in [0.717, 1.165) is 17.9 Å². The molecule has 0 bridgehead atoms. The molecule has 1 fully saturated rings. The molecule has 1 aromatic rings. The van der Waals surface area contributed by atoms with Crippen LogP contribution in [-0.2, 0) is 11.3 Å². The average molecular weight is 222 g/mol. The highest BCUT2D eigenvalue weighted by Crippen LogP contribution is 2.17. The molecular weight excluding hydrogens is 208 g/mol. The van der Waals surface area contributed by atoms with Crippen molar-refractivity contribution < 1.29 is 4.79 Å². The summed E-state index contributed by atoms with van der Waals surface area (Å²) in [5.74, 6) is 0.179. The molecule has 1 aliphatic rings. The number of carbonyl (C=O) groups excluding carboxylic acids is 1. The van der Waals surface area contributed by atoms with Gasteiger partial charge in [-0.3, -0.25) is 9.78 Å². The number of nitrogens with zero attached hydrogens (tertiary/aromatic N) is 2. The number of aryl methyl sites for hydroxylation is 1. The number of pyridine rings is 1. The summed E-state index contributed by atoms with van der Waals surface area (Å²) >= 11 is 4.31. The first-order valence-electron chi connectivity index (χ1n) is 5.03. The predicted molar refractivity (Wildman–Crippen MR) is 61.8 cm³/mol. The van der Waals surface area contributed by atoms with E-state index >= 15 is 0 Å². The van der Waals surface area contributed by atoms with E-state index in [1.54, 1.807) is 0 Å². The molecular formula is C11H14N2OS. The molecule has 1 saturated heterocycles. The van der Waals surface area contributed by atoms with Crippen LogP contribution in [0.15, 0.2) is 18.2 Å². The number of carbonyl (C=O) groups is 1. The first-order valence-corrected chi connectivity index (χ1v) is 5.55. The highest BCUT2D eigenvalue weighted by Gasteiger charge is 2.27. The SMILES string of the molecule is Cc1cccc(CN2CC(S)CC2=O)n1. The Labute approximate surface area is 94.9 Å². The smallest absolute Gasteiger partial charge is 0.224 e. The van der Waals surface area contributed by atoms with Crippen LogP contribution in [0.5, 0.6) is 0 Å². The monoisotopic (exact) mass is 222 g/mol. The minimum Gasteiger partial charge on any atom is -0.336 e. The van der Waals surface area contributed by atoms with Crippen LogP contribution in [0.3, 0.4) is 0 Å². The zero-order valence-corrected chi connectivity index (χ0v) is 9.58. The van der Waals surface area contributed by atoms with Gasteiger partial charge in [0.2, 0.25) is 5.91 Å². The molecule has 1 aliphatic heterocycles. The summed E-state index contributed by atoms with van der Waals surface area (Å²) in [6.07, 6.45) is 0.551. The lowest BCUT2D eigenvalue weighted by Crippen LogP contribution is -2.25. The van der Waals surface area contributed by atoms with Gasteiger partial charge < -0.3 is 4.90 Å². The van der Waals surface area contributed by atoms with Gasteiger partial charge >= 0.3 is 0 Å². The topological polar surface area (TPSA) is 33.2 Å². The second kappa shape index (κ2) is 4.23. The summed E-state index contributed by atoms with van der Waals surface area (Å²) in [5.41, 5.74) is 1.94. The number of thiol groups is 1. The lowest BCUT2D eigenvalue weighted by atomic mass is 10.3. The number of aromatic nitrogens is 1. The number of amides is 1. The summed E-state index contributed by atoms with van der Waals surface area (Å²) in [7, 11) is 0. The third-order valence-electron chi connectivity index (χ3n) is 2.49. The van der Waals surface area contributed by atoms with Crippen molar-refractivity contribution in [3.05, 3.63) is 29.6 Å². The molecule has 0 spiro atoms. The number of hydrogen-bond donors (Lipinski definition) is 1. The van der Waals surface area contributed by atoms with Crippen LogP contribution < -0.4 is 0 Å². The fraction of sp³-hybridized carbons (Fsp3) is 0.455. The maximum Gasteiger partial charge on any atom is 0.224 e. The van der Waals surface area contributed by atoms with Crippen molar-refractivity contribution in [2.24, 2.45) is 0 Å². The molecule has 1 aromatic heterocycles. The van der Waals surface area contributed by atoms with E-state index in [2.05, 4.69) is 17.6 Å². The largest absolute Gasteiger partial charge is 0.336 e. The van der Waals surface area contributed by atoms with Gasteiger partial charge in [0, 0.05) is 23.9 Å². The Hall–Kier alpha value is -1.03. The Morgan fingerprint density at radius 2 is 2.40 bits per heavy atom. The molecule has 0 radical (unpaired) electrons. The quantitative estimate of drug-likeness (QED) is 0.768. The van der Waals surface area contributed by atoms with Crippen molar-refractivity contribution in [2.45, 2.75) is 25.1 Å². The van der Waals surface area contributed by atoms with Crippen molar-refractivity contribution in [3.8, 4) is 0 Å². The molecule has 1 amide bonds. The van der Waals surface area contributed by atoms with Crippen molar-refractivity contribution in [1.29, 1.82) is 0 Å². The van der Waals surface area contributed by atoms with E-state index in [9.17, 15) is 4.79 Å². The zero-order chi connectivity index (χ0) is 10.8. The van der Waals surface area contributed by atoms with Crippen LogP contribution in [0, 0.1) is 6.92 Å². The highest BCUT2D eigenvalue weighted by atomic mass is 32.1. The molecule has 1 unspecified atom stereocenters. The molecule has 80 valence electrons. The summed E-state index contributed by atoms with van der Waals surface area (Å²) in [4.78, 5) is 17.7. The second-order valence-corrected chi connectivity index (χ2v) is 4.63. The fourth-order valence-corrected chi connectivity index (χ4v) is 2.14. The summed E-state index contributed by atoms with van der Waals surface area (Å²) in [6.45, 7) is 3.30. The molecule has 2 heterocycles. The maximum atomic E-state index is 11.5. The first-order chi connectivity index (χ1) is 7.15. The molecule has 4 heteroatoms. The molecule has 0 N–H and O–H groups in total. The standard InChI is InChI=1S/C11H14N2OS/c1-8-3-2-4-9(12-8)6-13-7-10(15)5-11(13)14/h2-4,10,15H,5-7H2,1H3. The summed E-state index contributed by atoms with van der Waals surface area (Å²) in [6, 6.07) is 5.87. The Bertz CT molecular complexity index is 381. The van der Waals surface area contributed by atoms with Gasteiger partial charge in [0.05, 0.1) is 12.2 Å². The van der Waals surface area contributed by atoms with E-state index in [1.807, 2.05) is 30.0 Å². The number of likely N-dealkylation sites (tertiary alicyclic amines) is 1. The number of hydrogen-bond acceptors (Lipinski definition) is 3. The lowest BCUT2D eigenvalue weighted by Gasteiger charge is -2.15. The Balaban J connectivity index is 2.06.